The van der Waals surface area contributed by atoms with Crippen molar-refractivity contribution in [3.05, 3.63) is 33.9 Å². The number of carbonyl (C=O) groups is 2. The van der Waals surface area contributed by atoms with Crippen LogP contribution in [0, 0.1) is 16.0 Å². The number of non-ortho nitro benzene ring substituents is 1. The van der Waals surface area contributed by atoms with Crippen LogP contribution in [0.4, 0.5) is 5.69 Å². The Balaban J connectivity index is 2.40. The molecule has 1 aromatic carbocycles. The van der Waals surface area contributed by atoms with E-state index in [2.05, 4.69) is 0 Å². The third-order valence-electron chi connectivity index (χ3n) is 3.84. The van der Waals surface area contributed by atoms with E-state index in [1.807, 2.05) is 0 Å². The second-order valence-corrected chi connectivity index (χ2v) is 7.69. The second-order valence-electron chi connectivity index (χ2n) is 5.67. The van der Waals surface area contributed by atoms with Gasteiger partial charge in [0.1, 0.15) is 0 Å². The summed E-state index contributed by atoms with van der Waals surface area (Å²) in [5.41, 5.74) is -0.649. The Morgan fingerprint density at radius 2 is 2.00 bits per heavy atom. The number of sulfone groups is 1. The first-order valence-electron chi connectivity index (χ1n) is 7.11. The molecule has 1 fully saturated rings. The van der Waals surface area contributed by atoms with Crippen molar-refractivity contribution in [3.63, 3.8) is 0 Å². The van der Waals surface area contributed by atoms with Crippen LogP contribution in [-0.4, -0.2) is 54.6 Å². The summed E-state index contributed by atoms with van der Waals surface area (Å²) in [7, 11) is -3.74. The Morgan fingerprint density at radius 3 is 2.54 bits per heavy atom. The van der Waals surface area contributed by atoms with Crippen molar-refractivity contribution in [3.8, 4) is 0 Å². The van der Waals surface area contributed by atoms with E-state index < -0.39 is 38.2 Å². The Labute approximate surface area is 138 Å². The number of nitrogens with zero attached hydrogens (tertiary/aromatic N) is 2. The number of carbonyl (C=O) groups excluding carboxylic acids is 1. The number of hydrogen-bond donors (Lipinski definition) is 1. The van der Waals surface area contributed by atoms with E-state index >= 15 is 0 Å². The number of nitro benzene ring substituents is 1. The Morgan fingerprint density at radius 1 is 1.33 bits per heavy atom. The van der Waals surface area contributed by atoms with Gasteiger partial charge in [0.05, 0.1) is 15.7 Å². The number of nitro groups is 1. The minimum Gasteiger partial charge on any atom is -0.481 e. The van der Waals surface area contributed by atoms with Gasteiger partial charge in [0, 0.05) is 37.0 Å². The van der Waals surface area contributed by atoms with E-state index in [-0.39, 0.29) is 17.0 Å². The zero-order chi connectivity index (χ0) is 18.1. The molecule has 1 atom stereocenters. The average Bonchev–Trinajstić information content (AvgIpc) is 2.53. The van der Waals surface area contributed by atoms with Gasteiger partial charge in [0.25, 0.3) is 11.6 Å². The number of carboxylic acids is 1. The maximum absolute atomic E-state index is 12.5. The van der Waals surface area contributed by atoms with Gasteiger partial charge in [-0.1, -0.05) is 0 Å². The predicted octanol–water partition coefficient (Wildman–Crippen LogP) is 0.935. The molecule has 9 nitrogen and oxygen atoms in total. The number of amides is 1. The van der Waals surface area contributed by atoms with E-state index in [0.29, 0.717) is 19.4 Å². The van der Waals surface area contributed by atoms with Crippen LogP contribution >= 0.6 is 0 Å². The highest BCUT2D eigenvalue weighted by Gasteiger charge is 2.30. The Bertz CT molecular complexity index is 803. The number of benzene rings is 1. The molecule has 0 unspecified atom stereocenters. The largest absolute Gasteiger partial charge is 0.481 e. The fraction of sp³-hybridized carbons (Fsp3) is 0.429. The van der Waals surface area contributed by atoms with Crippen LogP contribution < -0.4 is 0 Å². The number of hydrogen-bond acceptors (Lipinski definition) is 6. The minimum atomic E-state index is -3.74. The molecule has 0 aromatic heterocycles. The number of aliphatic carboxylic acids is 1. The summed E-state index contributed by atoms with van der Waals surface area (Å²) in [6.07, 6.45) is 1.83. The number of rotatable bonds is 4. The van der Waals surface area contributed by atoms with Crippen LogP contribution in [0.25, 0.3) is 0 Å². The summed E-state index contributed by atoms with van der Waals surface area (Å²) in [4.78, 5) is 34.8. The first-order chi connectivity index (χ1) is 11.1. The summed E-state index contributed by atoms with van der Waals surface area (Å²) in [6, 6.07) is 2.97. The maximum Gasteiger partial charge on any atom is 0.308 e. The molecule has 2 rings (SSSR count). The first kappa shape index (κ1) is 17.9. The highest BCUT2D eigenvalue weighted by molar-refractivity contribution is 7.90. The van der Waals surface area contributed by atoms with E-state index in [9.17, 15) is 28.1 Å². The predicted molar refractivity (Wildman–Crippen MR) is 82.5 cm³/mol. The summed E-state index contributed by atoms with van der Waals surface area (Å²) >= 11 is 0. The van der Waals surface area contributed by atoms with Gasteiger partial charge in [-0.05, 0) is 18.9 Å². The Hall–Kier alpha value is -2.49. The van der Waals surface area contributed by atoms with Crippen LogP contribution in [0.1, 0.15) is 23.2 Å². The monoisotopic (exact) mass is 356 g/mol. The molecule has 1 amide bonds. The zero-order valence-electron chi connectivity index (χ0n) is 12.8. The number of likely N-dealkylation sites (tertiary alicyclic amines) is 1. The van der Waals surface area contributed by atoms with Crippen molar-refractivity contribution in [1.29, 1.82) is 0 Å². The van der Waals surface area contributed by atoms with Crippen molar-refractivity contribution in [2.45, 2.75) is 17.7 Å². The van der Waals surface area contributed by atoms with Gasteiger partial charge in [0.15, 0.2) is 9.84 Å². The first-order valence-corrected chi connectivity index (χ1v) is 9.00. The van der Waals surface area contributed by atoms with E-state index in [1.54, 1.807) is 0 Å². The molecule has 0 radical (unpaired) electrons. The molecule has 130 valence electrons. The van der Waals surface area contributed by atoms with Gasteiger partial charge in [0.2, 0.25) is 0 Å². The molecule has 1 saturated heterocycles. The molecule has 10 heteroatoms. The molecular formula is C14H16N2O7S. The lowest BCUT2D eigenvalue weighted by Gasteiger charge is -2.30. The molecule has 0 spiro atoms. The van der Waals surface area contributed by atoms with Crippen LogP contribution in [0.5, 0.6) is 0 Å². The lowest BCUT2D eigenvalue weighted by molar-refractivity contribution is -0.385. The smallest absolute Gasteiger partial charge is 0.308 e. The average molecular weight is 356 g/mol. The molecule has 1 heterocycles. The van der Waals surface area contributed by atoms with Crippen molar-refractivity contribution in [1.82, 2.24) is 4.90 Å². The third kappa shape index (κ3) is 3.88. The molecule has 24 heavy (non-hydrogen) atoms. The molecule has 0 saturated carbocycles. The Kier molecular flexibility index (Phi) is 4.88. The third-order valence-corrected chi connectivity index (χ3v) is 4.93. The van der Waals surface area contributed by atoms with Crippen molar-refractivity contribution in [2.24, 2.45) is 5.92 Å². The van der Waals surface area contributed by atoms with Crippen LogP contribution in [0.15, 0.2) is 23.1 Å². The normalized spacial score (nSPS) is 18.2. The van der Waals surface area contributed by atoms with Crippen LogP contribution in [0.2, 0.25) is 0 Å². The van der Waals surface area contributed by atoms with Gasteiger partial charge in [-0.25, -0.2) is 8.42 Å². The quantitative estimate of drug-likeness (QED) is 0.626. The van der Waals surface area contributed by atoms with Gasteiger partial charge in [-0.3, -0.25) is 19.7 Å². The summed E-state index contributed by atoms with van der Waals surface area (Å²) in [5, 5.41) is 20.1. The van der Waals surface area contributed by atoms with E-state index in [0.717, 1.165) is 24.5 Å². The van der Waals surface area contributed by atoms with Crippen molar-refractivity contribution >= 4 is 27.4 Å². The van der Waals surface area contributed by atoms with E-state index in [4.69, 9.17) is 5.11 Å². The van der Waals surface area contributed by atoms with Gasteiger partial charge < -0.3 is 10.0 Å². The summed E-state index contributed by atoms with van der Waals surface area (Å²) < 4.78 is 23.3. The topological polar surface area (TPSA) is 135 Å². The second kappa shape index (κ2) is 6.56. The highest BCUT2D eigenvalue weighted by Crippen LogP contribution is 2.24. The van der Waals surface area contributed by atoms with Crippen LogP contribution in [-0.2, 0) is 14.6 Å². The zero-order valence-corrected chi connectivity index (χ0v) is 13.7. The van der Waals surface area contributed by atoms with E-state index in [1.165, 1.54) is 4.90 Å². The standard InChI is InChI=1S/C14H16N2O7S/c1-24(22,23)12-6-10(5-11(7-12)16(20)21)13(17)15-4-2-3-9(8-15)14(18)19/h5-7,9H,2-4,8H2,1H3,(H,18,19)/t9-/m0/s1. The molecule has 0 aliphatic carbocycles. The summed E-state index contributed by atoms with van der Waals surface area (Å²) in [5.74, 6) is -2.33. The lowest BCUT2D eigenvalue weighted by Crippen LogP contribution is -2.42. The fourth-order valence-corrected chi connectivity index (χ4v) is 3.25. The molecule has 1 aliphatic heterocycles. The van der Waals surface area contributed by atoms with Crippen LogP contribution in [0.3, 0.4) is 0 Å². The number of piperidine rings is 1. The SMILES string of the molecule is CS(=O)(=O)c1cc(C(=O)N2CCC[C@H](C(=O)O)C2)cc([N+](=O)[O-])c1. The van der Waals surface area contributed by atoms with Gasteiger partial charge in [-0.15, -0.1) is 0 Å². The van der Waals surface area contributed by atoms with Gasteiger partial charge in [-0.2, -0.15) is 0 Å². The van der Waals surface area contributed by atoms with Crippen molar-refractivity contribution in [2.75, 3.05) is 19.3 Å². The molecule has 0 bridgehead atoms. The molecular weight excluding hydrogens is 340 g/mol. The van der Waals surface area contributed by atoms with Crippen molar-refractivity contribution < 1.29 is 28.0 Å². The lowest BCUT2D eigenvalue weighted by atomic mass is 9.97. The number of carboxylic acid groups (broad SMARTS) is 1. The fourth-order valence-electron chi connectivity index (χ4n) is 2.57. The maximum atomic E-state index is 12.5. The highest BCUT2D eigenvalue weighted by atomic mass is 32.2. The molecule has 1 N–H and O–H groups in total. The molecule has 1 aliphatic rings. The summed E-state index contributed by atoms with van der Waals surface area (Å²) in [6.45, 7) is 0.310. The van der Waals surface area contributed by atoms with Gasteiger partial charge >= 0.3 is 5.97 Å². The molecule has 1 aromatic rings. The minimum absolute atomic E-state index is 0.00886.